The number of hydrogen-bond acceptors (Lipinski definition) is 4. The molecule has 0 spiro atoms. The van der Waals surface area contributed by atoms with Crippen LogP contribution in [0.3, 0.4) is 0 Å². The molecule has 19 heavy (non-hydrogen) atoms. The third-order valence-corrected chi connectivity index (χ3v) is 3.12. The summed E-state index contributed by atoms with van der Waals surface area (Å²) in [5, 5.41) is 7.60. The molecule has 4 nitrogen and oxygen atoms in total. The first-order valence-electron chi connectivity index (χ1n) is 5.76. The molecule has 0 radical (unpaired) electrons. The van der Waals surface area contributed by atoms with E-state index in [-0.39, 0.29) is 5.82 Å². The van der Waals surface area contributed by atoms with Crippen molar-refractivity contribution in [3.8, 4) is 0 Å². The first-order chi connectivity index (χ1) is 9.28. The first-order valence-corrected chi connectivity index (χ1v) is 6.74. The summed E-state index contributed by atoms with van der Waals surface area (Å²) in [6.45, 7) is 0.667. The molecule has 0 aliphatic heterocycles. The standard InChI is InChI=1S/C13H14FN3OS/c1-18-8-9-19-13-15-12(16-17-13)7-4-10-2-5-11(14)6-3-10/h2-7H,8-9H2,1H3,(H,15,16,17)/b7-4+. The molecular weight excluding hydrogens is 265 g/mol. The Morgan fingerprint density at radius 1 is 1.32 bits per heavy atom. The molecule has 0 amide bonds. The number of aromatic amines is 1. The first kappa shape index (κ1) is 13.8. The van der Waals surface area contributed by atoms with Gasteiger partial charge in [0.15, 0.2) is 0 Å². The van der Waals surface area contributed by atoms with E-state index in [0.29, 0.717) is 17.6 Å². The predicted octanol–water partition coefficient (Wildman–Crippen LogP) is 2.85. The van der Waals surface area contributed by atoms with E-state index in [9.17, 15) is 4.39 Å². The van der Waals surface area contributed by atoms with E-state index in [1.807, 2.05) is 6.08 Å². The van der Waals surface area contributed by atoms with Gasteiger partial charge in [0.1, 0.15) is 11.6 Å². The Morgan fingerprint density at radius 2 is 2.11 bits per heavy atom. The van der Waals surface area contributed by atoms with E-state index in [2.05, 4.69) is 15.2 Å². The topological polar surface area (TPSA) is 50.8 Å². The molecule has 1 N–H and O–H groups in total. The molecule has 0 atom stereocenters. The number of H-pyrrole nitrogens is 1. The maximum atomic E-state index is 12.7. The number of benzene rings is 1. The van der Waals surface area contributed by atoms with Crippen LogP contribution in [0.4, 0.5) is 4.39 Å². The van der Waals surface area contributed by atoms with Gasteiger partial charge in [0.05, 0.1) is 6.61 Å². The van der Waals surface area contributed by atoms with Crippen molar-refractivity contribution in [1.29, 1.82) is 0 Å². The highest BCUT2D eigenvalue weighted by Crippen LogP contribution is 2.13. The monoisotopic (exact) mass is 279 g/mol. The Hall–Kier alpha value is -1.66. The van der Waals surface area contributed by atoms with Crippen molar-refractivity contribution in [1.82, 2.24) is 15.2 Å². The van der Waals surface area contributed by atoms with Crippen molar-refractivity contribution in [2.45, 2.75) is 5.16 Å². The van der Waals surface area contributed by atoms with Gasteiger partial charge in [0.2, 0.25) is 5.16 Å². The molecule has 0 fully saturated rings. The molecule has 0 saturated carbocycles. The molecule has 0 aliphatic rings. The lowest BCUT2D eigenvalue weighted by Gasteiger charge is -1.93. The quantitative estimate of drug-likeness (QED) is 0.652. The predicted molar refractivity (Wildman–Crippen MR) is 74.3 cm³/mol. The van der Waals surface area contributed by atoms with Gasteiger partial charge in [-0.05, 0) is 23.8 Å². The fourth-order valence-corrected chi connectivity index (χ4v) is 2.07. The minimum atomic E-state index is -0.242. The van der Waals surface area contributed by atoms with Gasteiger partial charge < -0.3 is 4.74 Å². The van der Waals surface area contributed by atoms with Gasteiger partial charge in [-0.3, -0.25) is 5.10 Å². The van der Waals surface area contributed by atoms with Gasteiger partial charge in [0, 0.05) is 12.9 Å². The number of rotatable bonds is 6. The second-order valence-corrected chi connectivity index (χ2v) is 4.79. The largest absolute Gasteiger partial charge is 0.384 e. The summed E-state index contributed by atoms with van der Waals surface area (Å²) in [4.78, 5) is 4.29. The number of nitrogens with zero attached hydrogens (tertiary/aromatic N) is 2. The number of methoxy groups -OCH3 is 1. The van der Waals surface area contributed by atoms with E-state index < -0.39 is 0 Å². The molecule has 6 heteroatoms. The highest BCUT2D eigenvalue weighted by Gasteiger charge is 2.00. The van der Waals surface area contributed by atoms with E-state index in [1.54, 1.807) is 25.3 Å². The zero-order valence-electron chi connectivity index (χ0n) is 10.5. The fourth-order valence-electron chi connectivity index (χ4n) is 1.36. The van der Waals surface area contributed by atoms with Crippen LogP contribution in [0.5, 0.6) is 0 Å². The second kappa shape index (κ2) is 7.06. The summed E-state index contributed by atoms with van der Waals surface area (Å²) >= 11 is 1.53. The van der Waals surface area contributed by atoms with Crippen molar-refractivity contribution in [2.75, 3.05) is 19.5 Å². The molecule has 100 valence electrons. The van der Waals surface area contributed by atoms with Gasteiger partial charge in [0.25, 0.3) is 0 Å². The van der Waals surface area contributed by atoms with Gasteiger partial charge in [-0.2, -0.15) is 0 Å². The van der Waals surface area contributed by atoms with E-state index in [4.69, 9.17) is 4.74 Å². The van der Waals surface area contributed by atoms with E-state index in [0.717, 1.165) is 11.3 Å². The van der Waals surface area contributed by atoms with Crippen molar-refractivity contribution in [2.24, 2.45) is 0 Å². The van der Waals surface area contributed by atoms with Gasteiger partial charge in [-0.15, -0.1) is 5.10 Å². The van der Waals surface area contributed by atoms with Crippen LogP contribution in [0.25, 0.3) is 12.2 Å². The van der Waals surface area contributed by atoms with Crippen LogP contribution in [0.2, 0.25) is 0 Å². The second-order valence-electron chi connectivity index (χ2n) is 3.73. The van der Waals surface area contributed by atoms with Gasteiger partial charge in [-0.1, -0.05) is 30.0 Å². The van der Waals surface area contributed by atoms with Crippen LogP contribution < -0.4 is 0 Å². The Balaban J connectivity index is 1.93. The average Bonchev–Trinajstić information content (AvgIpc) is 2.86. The normalized spacial score (nSPS) is 11.3. The lowest BCUT2D eigenvalue weighted by atomic mass is 10.2. The third-order valence-electron chi connectivity index (χ3n) is 2.30. The molecule has 2 aromatic rings. The minimum Gasteiger partial charge on any atom is -0.384 e. The van der Waals surface area contributed by atoms with Crippen LogP contribution in [0.15, 0.2) is 29.4 Å². The van der Waals surface area contributed by atoms with Crippen LogP contribution in [-0.4, -0.2) is 34.7 Å². The minimum absolute atomic E-state index is 0.242. The molecule has 0 aliphatic carbocycles. The number of thioether (sulfide) groups is 1. The Bertz CT molecular complexity index is 539. The summed E-state index contributed by atoms with van der Waals surface area (Å²) < 4.78 is 17.7. The number of nitrogens with one attached hydrogen (secondary N) is 1. The van der Waals surface area contributed by atoms with Crippen molar-refractivity contribution < 1.29 is 9.13 Å². The zero-order valence-corrected chi connectivity index (χ0v) is 11.3. The van der Waals surface area contributed by atoms with Crippen LogP contribution >= 0.6 is 11.8 Å². The molecular formula is C13H14FN3OS. The summed E-state index contributed by atoms with van der Waals surface area (Å²) in [5.74, 6) is 1.24. The fraction of sp³-hybridized carbons (Fsp3) is 0.231. The molecule has 1 aromatic heterocycles. The van der Waals surface area contributed by atoms with E-state index >= 15 is 0 Å². The van der Waals surface area contributed by atoms with E-state index in [1.165, 1.54) is 23.9 Å². The molecule has 1 aromatic carbocycles. The Kier molecular flexibility index (Phi) is 5.11. The number of hydrogen-bond donors (Lipinski definition) is 1. The molecule has 0 saturated heterocycles. The molecule has 0 unspecified atom stereocenters. The number of aromatic nitrogens is 3. The van der Waals surface area contributed by atoms with Crippen LogP contribution in [0, 0.1) is 5.82 Å². The third kappa shape index (κ3) is 4.50. The molecule has 1 heterocycles. The molecule has 0 bridgehead atoms. The van der Waals surface area contributed by atoms with Crippen molar-refractivity contribution in [3.63, 3.8) is 0 Å². The SMILES string of the molecule is COCCSc1n[nH]c(/C=C/c2ccc(F)cc2)n1. The summed E-state index contributed by atoms with van der Waals surface area (Å²) in [6.07, 6.45) is 3.66. The maximum absolute atomic E-state index is 12.7. The lowest BCUT2D eigenvalue weighted by Crippen LogP contribution is -1.91. The summed E-state index contributed by atoms with van der Waals surface area (Å²) in [5.41, 5.74) is 0.909. The van der Waals surface area contributed by atoms with Crippen molar-refractivity contribution >= 4 is 23.9 Å². The lowest BCUT2D eigenvalue weighted by molar-refractivity contribution is 0.218. The van der Waals surface area contributed by atoms with Crippen molar-refractivity contribution in [3.05, 3.63) is 41.5 Å². The average molecular weight is 279 g/mol. The van der Waals surface area contributed by atoms with Crippen LogP contribution in [-0.2, 0) is 4.74 Å². The smallest absolute Gasteiger partial charge is 0.208 e. The Labute approximate surface area is 115 Å². The number of halogens is 1. The summed E-state index contributed by atoms with van der Waals surface area (Å²) in [7, 11) is 1.66. The van der Waals surface area contributed by atoms with Crippen LogP contribution in [0.1, 0.15) is 11.4 Å². The highest BCUT2D eigenvalue weighted by atomic mass is 32.2. The zero-order chi connectivity index (χ0) is 13.5. The summed E-state index contributed by atoms with van der Waals surface area (Å²) in [6, 6.07) is 6.26. The Morgan fingerprint density at radius 3 is 2.84 bits per heavy atom. The van der Waals surface area contributed by atoms with Gasteiger partial charge in [-0.25, -0.2) is 9.37 Å². The maximum Gasteiger partial charge on any atom is 0.208 e. The molecule has 2 rings (SSSR count). The van der Waals surface area contributed by atoms with Gasteiger partial charge >= 0.3 is 0 Å². The number of ether oxygens (including phenoxy) is 1. The highest BCUT2D eigenvalue weighted by molar-refractivity contribution is 7.99.